The maximum Gasteiger partial charge on any atom is 0.250 e. The second-order valence-electron chi connectivity index (χ2n) is 2.74. The molecule has 15 heavy (non-hydrogen) atoms. The molecule has 1 aromatic rings. The highest BCUT2D eigenvalue weighted by atomic mass is 35.5. The number of sulfonamides is 1. The minimum atomic E-state index is -3.70. The summed E-state index contributed by atoms with van der Waals surface area (Å²) >= 11 is 6.51. The number of hydrogen-bond donors (Lipinski definition) is 3. The highest BCUT2D eigenvalue weighted by Crippen LogP contribution is 2.25. The Bertz CT molecular complexity index is 412. The molecule has 0 bridgehead atoms. The van der Waals surface area contributed by atoms with Gasteiger partial charge in [-0.05, 0) is 12.1 Å². The molecule has 0 aliphatic carbocycles. The molecule has 0 fully saturated rings. The summed E-state index contributed by atoms with van der Waals surface area (Å²) in [6.45, 7) is -0.927. The van der Waals surface area contributed by atoms with Gasteiger partial charge in [-0.2, -0.15) is 0 Å². The van der Waals surface area contributed by atoms with Gasteiger partial charge in [-0.3, -0.25) is 0 Å². The van der Waals surface area contributed by atoms with E-state index in [1.54, 1.807) is 0 Å². The first-order valence-electron chi connectivity index (χ1n) is 3.99. The van der Waals surface area contributed by atoms with Crippen molar-refractivity contribution in [2.24, 2.45) is 0 Å². The summed E-state index contributed by atoms with van der Waals surface area (Å²) < 4.78 is 25.7. The first-order valence-corrected chi connectivity index (χ1v) is 6.66. The Labute approximate surface area is 96.4 Å². The number of halogens is 1. The van der Waals surface area contributed by atoms with Gasteiger partial charge in [0.2, 0.25) is 0 Å². The van der Waals surface area contributed by atoms with Gasteiger partial charge in [0.25, 0.3) is 10.0 Å². The van der Waals surface area contributed by atoms with Gasteiger partial charge in [0.15, 0.2) is 0 Å². The summed E-state index contributed by atoms with van der Waals surface area (Å²) in [7, 11) is -3.70. The third-order valence-electron chi connectivity index (χ3n) is 1.58. The van der Waals surface area contributed by atoms with Crippen LogP contribution in [0.25, 0.3) is 0 Å². The second-order valence-corrected chi connectivity index (χ2v) is 6.40. The molecule has 0 atom stereocenters. The number of aliphatic hydroxyl groups excluding tert-OH is 2. The quantitative estimate of drug-likeness (QED) is 0.705. The van der Waals surface area contributed by atoms with E-state index in [1.807, 2.05) is 0 Å². The van der Waals surface area contributed by atoms with Crippen LogP contribution in [0.5, 0.6) is 0 Å². The second kappa shape index (κ2) is 5.24. The van der Waals surface area contributed by atoms with E-state index in [9.17, 15) is 8.42 Å². The number of thiophene rings is 1. The Kier molecular flexibility index (Phi) is 4.50. The van der Waals surface area contributed by atoms with E-state index in [2.05, 4.69) is 4.72 Å². The third-order valence-corrected chi connectivity index (χ3v) is 4.82. The van der Waals surface area contributed by atoms with Crippen molar-refractivity contribution in [3.05, 3.63) is 16.5 Å². The van der Waals surface area contributed by atoms with Crippen LogP contribution in [-0.2, 0) is 10.0 Å². The highest BCUT2D eigenvalue weighted by molar-refractivity contribution is 7.91. The molecule has 1 heterocycles. The number of nitrogens with one attached hydrogen (secondary N) is 1. The summed E-state index contributed by atoms with van der Waals surface area (Å²) in [6, 6.07) is 1.94. The smallest absolute Gasteiger partial charge is 0.250 e. The van der Waals surface area contributed by atoms with Gasteiger partial charge >= 0.3 is 0 Å². The molecule has 1 aromatic heterocycles. The third kappa shape index (κ3) is 3.40. The minimum absolute atomic E-state index is 0.0550. The summed E-state index contributed by atoms with van der Waals surface area (Å²) in [6.07, 6.45) is 0. The van der Waals surface area contributed by atoms with E-state index in [1.165, 1.54) is 12.1 Å². The Morgan fingerprint density at radius 2 is 2.00 bits per heavy atom. The van der Waals surface area contributed by atoms with Crippen LogP contribution in [0.3, 0.4) is 0 Å². The average Bonchev–Trinajstić information content (AvgIpc) is 2.62. The molecule has 0 amide bonds. The van der Waals surface area contributed by atoms with Gasteiger partial charge in [0.1, 0.15) is 4.21 Å². The van der Waals surface area contributed by atoms with Crippen LogP contribution in [0.15, 0.2) is 16.3 Å². The molecule has 0 unspecified atom stereocenters. The zero-order chi connectivity index (χ0) is 11.5. The monoisotopic (exact) mass is 271 g/mol. The maximum absolute atomic E-state index is 11.6. The fraction of sp³-hybridized carbons (Fsp3) is 0.429. The Morgan fingerprint density at radius 3 is 2.40 bits per heavy atom. The molecule has 5 nitrogen and oxygen atoms in total. The van der Waals surface area contributed by atoms with Gasteiger partial charge < -0.3 is 10.2 Å². The van der Waals surface area contributed by atoms with E-state index in [-0.39, 0.29) is 4.21 Å². The molecule has 0 aromatic carbocycles. The van der Waals surface area contributed by atoms with Crippen LogP contribution >= 0.6 is 22.9 Å². The van der Waals surface area contributed by atoms with Crippen molar-refractivity contribution in [1.82, 2.24) is 4.72 Å². The lowest BCUT2D eigenvalue weighted by Gasteiger charge is -2.12. The molecule has 1 rings (SSSR count). The lowest BCUT2D eigenvalue weighted by molar-refractivity contribution is 0.185. The molecule has 0 aliphatic heterocycles. The van der Waals surface area contributed by atoms with Crippen LogP contribution < -0.4 is 4.72 Å². The lowest BCUT2D eigenvalue weighted by Crippen LogP contribution is -2.39. The molecular weight excluding hydrogens is 262 g/mol. The van der Waals surface area contributed by atoms with Gasteiger partial charge in [-0.25, -0.2) is 13.1 Å². The average molecular weight is 272 g/mol. The number of rotatable bonds is 5. The van der Waals surface area contributed by atoms with Gasteiger partial charge in [0, 0.05) is 0 Å². The summed E-state index contributed by atoms with van der Waals surface area (Å²) in [5.41, 5.74) is 0. The maximum atomic E-state index is 11.6. The Hall–Kier alpha value is -0.180. The van der Waals surface area contributed by atoms with Crippen LogP contribution in [0.1, 0.15) is 0 Å². The fourth-order valence-corrected chi connectivity index (χ4v) is 3.57. The largest absolute Gasteiger partial charge is 0.395 e. The molecular formula is C7H10ClNO4S2. The lowest BCUT2D eigenvalue weighted by atomic mass is 10.4. The number of aliphatic hydroxyl groups is 2. The van der Waals surface area contributed by atoms with Crippen LogP contribution in [0.4, 0.5) is 0 Å². The van der Waals surface area contributed by atoms with Crippen molar-refractivity contribution < 1.29 is 18.6 Å². The number of hydrogen-bond acceptors (Lipinski definition) is 5. The Morgan fingerprint density at radius 1 is 1.40 bits per heavy atom. The molecule has 3 N–H and O–H groups in total. The van der Waals surface area contributed by atoms with E-state index < -0.39 is 29.3 Å². The first-order chi connectivity index (χ1) is 6.99. The van der Waals surface area contributed by atoms with Crippen molar-refractivity contribution in [2.45, 2.75) is 10.3 Å². The van der Waals surface area contributed by atoms with E-state index in [4.69, 9.17) is 21.8 Å². The zero-order valence-corrected chi connectivity index (χ0v) is 9.94. The highest BCUT2D eigenvalue weighted by Gasteiger charge is 2.20. The van der Waals surface area contributed by atoms with Gasteiger partial charge in [0.05, 0.1) is 23.6 Å². The van der Waals surface area contributed by atoms with Crippen molar-refractivity contribution >= 4 is 33.0 Å². The zero-order valence-electron chi connectivity index (χ0n) is 7.55. The van der Waals surface area contributed by atoms with Crippen molar-refractivity contribution in [1.29, 1.82) is 0 Å². The van der Waals surface area contributed by atoms with E-state index in [0.29, 0.717) is 4.34 Å². The van der Waals surface area contributed by atoms with E-state index >= 15 is 0 Å². The summed E-state index contributed by atoms with van der Waals surface area (Å²) in [4.78, 5) is 0. The van der Waals surface area contributed by atoms with E-state index in [0.717, 1.165) is 11.3 Å². The predicted molar refractivity (Wildman–Crippen MR) is 57.6 cm³/mol. The normalized spacial score (nSPS) is 12.3. The Balaban J connectivity index is 2.84. The van der Waals surface area contributed by atoms with Crippen LogP contribution in [-0.4, -0.2) is 37.9 Å². The fourth-order valence-electron chi connectivity index (χ4n) is 0.852. The molecule has 86 valence electrons. The van der Waals surface area contributed by atoms with Crippen molar-refractivity contribution in [3.63, 3.8) is 0 Å². The van der Waals surface area contributed by atoms with Gasteiger partial charge in [-0.15, -0.1) is 11.3 Å². The molecule has 0 saturated heterocycles. The minimum Gasteiger partial charge on any atom is -0.395 e. The molecule has 0 spiro atoms. The van der Waals surface area contributed by atoms with Gasteiger partial charge in [-0.1, -0.05) is 11.6 Å². The van der Waals surface area contributed by atoms with Crippen molar-refractivity contribution in [2.75, 3.05) is 13.2 Å². The summed E-state index contributed by atoms with van der Waals surface area (Å²) in [5.74, 6) is 0. The van der Waals surface area contributed by atoms with Crippen molar-refractivity contribution in [3.8, 4) is 0 Å². The SMILES string of the molecule is O=S(=O)(NC(CO)CO)c1ccc(Cl)s1. The molecule has 0 aliphatic rings. The predicted octanol–water partition coefficient (Wildman–Crippen LogP) is 0.0330. The summed E-state index contributed by atoms with van der Waals surface area (Å²) in [5, 5.41) is 17.5. The first kappa shape index (κ1) is 12.9. The molecule has 0 radical (unpaired) electrons. The van der Waals surface area contributed by atoms with Crippen LogP contribution in [0, 0.1) is 0 Å². The molecule has 0 saturated carbocycles. The topological polar surface area (TPSA) is 86.6 Å². The van der Waals surface area contributed by atoms with Crippen LogP contribution in [0.2, 0.25) is 4.34 Å². The standard InChI is InChI=1S/C7H10ClNO4S2/c8-6-1-2-7(14-6)15(12,13)9-5(3-10)4-11/h1-2,5,9-11H,3-4H2. The molecule has 8 heteroatoms.